The first-order valence-corrected chi connectivity index (χ1v) is 9.31. The minimum absolute atomic E-state index is 0.0236. The summed E-state index contributed by atoms with van der Waals surface area (Å²) in [7, 11) is 0. The van der Waals surface area contributed by atoms with Gasteiger partial charge < -0.3 is 0 Å². The zero-order valence-corrected chi connectivity index (χ0v) is 15.4. The third-order valence-corrected chi connectivity index (χ3v) is 5.11. The minimum Gasteiger partial charge on any atom is -0.258 e. The van der Waals surface area contributed by atoms with E-state index in [0.29, 0.717) is 32.8 Å². The van der Waals surface area contributed by atoms with Gasteiger partial charge in [0, 0.05) is 28.5 Å². The normalized spacial score (nSPS) is 11.0. The summed E-state index contributed by atoms with van der Waals surface area (Å²) in [6, 6.07) is 17.6. The SMILES string of the molecule is O=[N+]([O-])c1cccc(-c2ccc3nnc(SCc4ccc(Cl)cc4)n3n2)c1. The molecule has 4 aromatic rings. The summed E-state index contributed by atoms with van der Waals surface area (Å²) in [5, 5.41) is 25.2. The van der Waals surface area contributed by atoms with Crippen LogP contribution >= 0.6 is 23.4 Å². The van der Waals surface area contributed by atoms with Crippen LogP contribution in [0, 0.1) is 10.1 Å². The van der Waals surface area contributed by atoms with Crippen LogP contribution in [-0.2, 0) is 5.75 Å². The molecule has 0 atom stereocenters. The van der Waals surface area contributed by atoms with E-state index in [0.717, 1.165) is 5.56 Å². The highest BCUT2D eigenvalue weighted by atomic mass is 35.5. The van der Waals surface area contributed by atoms with Gasteiger partial charge in [-0.1, -0.05) is 47.6 Å². The lowest BCUT2D eigenvalue weighted by Crippen LogP contribution is -1.97. The smallest absolute Gasteiger partial charge is 0.258 e. The predicted molar refractivity (Wildman–Crippen MR) is 104 cm³/mol. The van der Waals surface area contributed by atoms with Crippen LogP contribution in [0.4, 0.5) is 5.69 Å². The molecule has 0 fully saturated rings. The first-order valence-electron chi connectivity index (χ1n) is 7.95. The van der Waals surface area contributed by atoms with Crippen molar-refractivity contribution >= 4 is 34.7 Å². The Hall–Kier alpha value is -2.97. The zero-order valence-electron chi connectivity index (χ0n) is 13.8. The summed E-state index contributed by atoms with van der Waals surface area (Å²) in [6.07, 6.45) is 0. The van der Waals surface area contributed by atoms with Crippen molar-refractivity contribution in [2.24, 2.45) is 0 Å². The number of thioether (sulfide) groups is 1. The van der Waals surface area contributed by atoms with Crippen molar-refractivity contribution in [2.75, 3.05) is 0 Å². The Bertz CT molecular complexity index is 1130. The van der Waals surface area contributed by atoms with Gasteiger partial charge in [-0.15, -0.1) is 10.2 Å². The lowest BCUT2D eigenvalue weighted by atomic mass is 10.1. The predicted octanol–water partition coefficient (Wildman–Crippen LogP) is 4.65. The molecule has 0 bridgehead atoms. The highest BCUT2D eigenvalue weighted by Crippen LogP contribution is 2.25. The fourth-order valence-electron chi connectivity index (χ4n) is 2.52. The van der Waals surface area contributed by atoms with E-state index in [1.54, 1.807) is 28.8 Å². The standard InChI is InChI=1S/C18H12ClN5O2S/c19-14-6-4-12(5-7-14)11-27-18-21-20-17-9-8-16(22-23(17)18)13-2-1-3-15(10-13)24(25)26/h1-10H,11H2. The molecule has 0 saturated heterocycles. The number of non-ortho nitro benzene ring substituents is 1. The average molecular weight is 398 g/mol. The summed E-state index contributed by atoms with van der Waals surface area (Å²) in [4.78, 5) is 10.6. The van der Waals surface area contributed by atoms with Crippen LogP contribution in [0.3, 0.4) is 0 Å². The summed E-state index contributed by atoms with van der Waals surface area (Å²) < 4.78 is 1.65. The number of hydrogen-bond acceptors (Lipinski definition) is 6. The lowest BCUT2D eigenvalue weighted by Gasteiger charge is -2.04. The largest absolute Gasteiger partial charge is 0.270 e. The van der Waals surface area contributed by atoms with Crippen LogP contribution in [0.1, 0.15) is 5.56 Å². The van der Waals surface area contributed by atoms with Gasteiger partial charge >= 0.3 is 0 Å². The number of rotatable bonds is 5. The molecule has 0 saturated carbocycles. The zero-order chi connectivity index (χ0) is 18.8. The fraction of sp³-hybridized carbons (Fsp3) is 0.0556. The van der Waals surface area contributed by atoms with Crippen LogP contribution in [-0.4, -0.2) is 24.7 Å². The van der Waals surface area contributed by atoms with E-state index in [-0.39, 0.29) is 5.69 Å². The quantitative estimate of drug-likeness (QED) is 0.277. The van der Waals surface area contributed by atoms with E-state index in [9.17, 15) is 10.1 Å². The molecule has 0 unspecified atom stereocenters. The van der Waals surface area contributed by atoms with Gasteiger partial charge in [0.1, 0.15) is 0 Å². The monoisotopic (exact) mass is 397 g/mol. The van der Waals surface area contributed by atoms with Gasteiger partial charge in [-0.25, -0.2) is 0 Å². The Morgan fingerprint density at radius 2 is 1.89 bits per heavy atom. The second-order valence-corrected chi connectivity index (χ2v) is 7.07. The maximum atomic E-state index is 11.0. The number of nitro groups is 1. The molecule has 0 N–H and O–H groups in total. The van der Waals surface area contributed by atoms with Crippen molar-refractivity contribution in [3.63, 3.8) is 0 Å². The number of nitro benzene ring substituents is 1. The van der Waals surface area contributed by atoms with E-state index in [1.165, 1.54) is 23.9 Å². The Morgan fingerprint density at radius 1 is 1.07 bits per heavy atom. The summed E-state index contributed by atoms with van der Waals surface area (Å²) >= 11 is 7.41. The number of aromatic nitrogens is 4. The third-order valence-electron chi connectivity index (χ3n) is 3.87. The van der Waals surface area contributed by atoms with E-state index in [4.69, 9.17) is 11.6 Å². The Balaban J connectivity index is 1.64. The minimum atomic E-state index is -0.422. The average Bonchev–Trinajstić information content (AvgIpc) is 3.10. The summed E-state index contributed by atoms with van der Waals surface area (Å²) in [6.45, 7) is 0. The maximum Gasteiger partial charge on any atom is 0.270 e. The van der Waals surface area contributed by atoms with Crippen molar-refractivity contribution < 1.29 is 4.92 Å². The molecule has 0 aliphatic rings. The molecule has 9 heteroatoms. The van der Waals surface area contributed by atoms with E-state index in [1.807, 2.05) is 24.3 Å². The molecule has 4 rings (SSSR count). The molecule has 0 aliphatic carbocycles. The van der Waals surface area contributed by atoms with Crippen molar-refractivity contribution in [3.8, 4) is 11.3 Å². The van der Waals surface area contributed by atoms with Gasteiger partial charge in [-0.2, -0.15) is 9.61 Å². The molecule has 0 radical (unpaired) electrons. The van der Waals surface area contributed by atoms with Gasteiger partial charge in [-0.3, -0.25) is 10.1 Å². The van der Waals surface area contributed by atoms with Crippen molar-refractivity contribution in [1.82, 2.24) is 19.8 Å². The molecule has 2 aromatic heterocycles. The van der Waals surface area contributed by atoms with Gasteiger partial charge in [0.2, 0.25) is 5.16 Å². The van der Waals surface area contributed by atoms with Crippen molar-refractivity contribution in [3.05, 3.63) is 81.4 Å². The van der Waals surface area contributed by atoms with Crippen molar-refractivity contribution in [2.45, 2.75) is 10.9 Å². The molecule has 0 amide bonds. The van der Waals surface area contributed by atoms with Crippen LogP contribution in [0.5, 0.6) is 0 Å². The Kier molecular flexibility index (Phi) is 4.74. The highest BCUT2D eigenvalue weighted by molar-refractivity contribution is 7.98. The molecule has 0 spiro atoms. The van der Waals surface area contributed by atoms with Crippen LogP contribution in [0.15, 0.2) is 65.8 Å². The molecule has 2 aromatic carbocycles. The number of fused-ring (bicyclic) bond motifs is 1. The first-order chi connectivity index (χ1) is 13.1. The highest BCUT2D eigenvalue weighted by Gasteiger charge is 2.12. The molecular formula is C18H12ClN5O2S. The Morgan fingerprint density at radius 3 is 2.67 bits per heavy atom. The van der Waals surface area contributed by atoms with Crippen LogP contribution in [0.2, 0.25) is 5.02 Å². The number of benzene rings is 2. The number of halogens is 1. The Labute approximate surface area is 163 Å². The summed E-state index contributed by atoms with van der Waals surface area (Å²) in [5.74, 6) is 0.695. The van der Waals surface area contributed by atoms with E-state index >= 15 is 0 Å². The second kappa shape index (κ2) is 7.34. The molecule has 134 valence electrons. The van der Waals surface area contributed by atoms with Gasteiger partial charge in [0.05, 0.1) is 10.6 Å². The molecule has 27 heavy (non-hydrogen) atoms. The number of hydrogen-bond donors (Lipinski definition) is 0. The number of nitrogens with zero attached hydrogens (tertiary/aromatic N) is 5. The van der Waals surface area contributed by atoms with Crippen molar-refractivity contribution in [1.29, 1.82) is 0 Å². The maximum absolute atomic E-state index is 11.0. The first kappa shape index (κ1) is 17.4. The fourth-order valence-corrected chi connectivity index (χ4v) is 3.49. The van der Waals surface area contributed by atoms with E-state index in [2.05, 4.69) is 15.3 Å². The van der Waals surface area contributed by atoms with E-state index < -0.39 is 4.92 Å². The van der Waals surface area contributed by atoms with Gasteiger partial charge in [0.15, 0.2) is 5.65 Å². The topological polar surface area (TPSA) is 86.2 Å². The molecule has 2 heterocycles. The summed E-state index contributed by atoms with van der Waals surface area (Å²) in [5.41, 5.74) is 3.02. The van der Waals surface area contributed by atoms with Crippen LogP contribution in [0.25, 0.3) is 16.9 Å². The molecule has 0 aliphatic heterocycles. The third kappa shape index (κ3) is 3.76. The lowest BCUT2D eigenvalue weighted by molar-refractivity contribution is -0.384. The second-order valence-electron chi connectivity index (χ2n) is 5.69. The van der Waals surface area contributed by atoms with Gasteiger partial charge in [0.25, 0.3) is 5.69 Å². The molecular weight excluding hydrogens is 386 g/mol. The molecule has 7 nitrogen and oxygen atoms in total. The van der Waals surface area contributed by atoms with Crippen LogP contribution < -0.4 is 0 Å². The van der Waals surface area contributed by atoms with Gasteiger partial charge in [-0.05, 0) is 29.8 Å².